The Balaban J connectivity index is 1.79. The molecule has 23 heavy (non-hydrogen) atoms. The fourth-order valence-corrected chi connectivity index (χ4v) is 3.03. The molecule has 1 unspecified atom stereocenters. The summed E-state index contributed by atoms with van der Waals surface area (Å²) in [6, 6.07) is 4.09. The van der Waals surface area contributed by atoms with Crippen molar-refractivity contribution in [1.82, 2.24) is 25.1 Å². The van der Waals surface area contributed by atoms with Gasteiger partial charge in [0.15, 0.2) is 0 Å². The van der Waals surface area contributed by atoms with E-state index in [9.17, 15) is 0 Å². The van der Waals surface area contributed by atoms with Crippen LogP contribution in [-0.2, 0) is 6.42 Å². The van der Waals surface area contributed by atoms with Gasteiger partial charge in [-0.2, -0.15) is 10.1 Å². The lowest BCUT2D eigenvalue weighted by molar-refractivity contribution is 0.392. The van der Waals surface area contributed by atoms with E-state index in [1.807, 2.05) is 30.7 Å². The van der Waals surface area contributed by atoms with E-state index in [1.165, 1.54) is 12.8 Å². The maximum atomic E-state index is 4.67. The van der Waals surface area contributed by atoms with E-state index in [4.69, 9.17) is 0 Å². The number of nitrogens with one attached hydrogen (secondary N) is 2. The molecule has 0 aliphatic carbocycles. The minimum atomic E-state index is 0.652. The first-order valence-corrected chi connectivity index (χ1v) is 8.52. The third-order valence-corrected chi connectivity index (χ3v) is 4.30. The molecule has 1 fully saturated rings. The highest BCUT2D eigenvalue weighted by atomic mass is 15.4. The molecule has 1 atom stereocenters. The average Bonchev–Trinajstić information content (AvgIpc) is 2.92. The Morgan fingerprint density at radius 2 is 2.17 bits per heavy atom. The Hall–Kier alpha value is -1.95. The molecule has 2 aromatic heterocycles. The molecule has 2 N–H and O–H groups in total. The second-order valence-corrected chi connectivity index (χ2v) is 6.33. The normalized spacial score (nSPS) is 18.1. The lowest BCUT2D eigenvalue weighted by Crippen LogP contribution is -2.33. The number of aryl methyl sites for hydroxylation is 3. The fourth-order valence-electron chi connectivity index (χ4n) is 3.03. The molecule has 0 spiro atoms. The third-order valence-electron chi connectivity index (χ3n) is 4.30. The van der Waals surface area contributed by atoms with Crippen molar-refractivity contribution >= 4 is 5.82 Å². The van der Waals surface area contributed by atoms with E-state index in [0.29, 0.717) is 11.9 Å². The number of piperidine rings is 1. The monoisotopic (exact) mass is 314 g/mol. The Morgan fingerprint density at radius 1 is 1.30 bits per heavy atom. The zero-order chi connectivity index (χ0) is 16.2. The summed E-state index contributed by atoms with van der Waals surface area (Å²) in [5.41, 5.74) is 3.07. The van der Waals surface area contributed by atoms with Crippen molar-refractivity contribution in [2.24, 2.45) is 5.92 Å². The molecule has 1 aliphatic heterocycles. The van der Waals surface area contributed by atoms with Gasteiger partial charge in [-0.15, -0.1) is 0 Å². The number of anilines is 1. The van der Waals surface area contributed by atoms with Crippen LogP contribution in [0.5, 0.6) is 0 Å². The molecule has 2 aromatic rings. The van der Waals surface area contributed by atoms with Crippen molar-refractivity contribution in [2.45, 2.75) is 40.0 Å². The Morgan fingerprint density at radius 3 is 2.83 bits per heavy atom. The maximum Gasteiger partial charge on any atom is 0.252 e. The van der Waals surface area contributed by atoms with Crippen LogP contribution in [0.3, 0.4) is 0 Å². The van der Waals surface area contributed by atoms with Gasteiger partial charge in [-0.25, -0.2) is 9.67 Å². The molecule has 3 heterocycles. The van der Waals surface area contributed by atoms with Gasteiger partial charge in [0.05, 0.1) is 5.69 Å². The third kappa shape index (κ3) is 3.88. The molecule has 0 bridgehead atoms. The quantitative estimate of drug-likeness (QED) is 0.886. The number of nitrogens with zero attached hydrogens (tertiary/aromatic N) is 4. The van der Waals surface area contributed by atoms with Gasteiger partial charge in [-0.1, -0.05) is 6.92 Å². The summed E-state index contributed by atoms with van der Waals surface area (Å²) in [5, 5.41) is 11.4. The van der Waals surface area contributed by atoms with Crippen molar-refractivity contribution in [3.63, 3.8) is 0 Å². The van der Waals surface area contributed by atoms with Gasteiger partial charge in [-0.3, -0.25) is 0 Å². The number of aromatic nitrogens is 4. The van der Waals surface area contributed by atoms with Crippen LogP contribution >= 0.6 is 0 Å². The second-order valence-electron chi connectivity index (χ2n) is 6.33. The molecule has 6 nitrogen and oxygen atoms in total. The summed E-state index contributed by atoms with van der Waals surface area (Å²) in [5.74, 6) is 2.21. The molecular weight excluding hydrogens is 288 g/mol. The Kier molecular flexibility index (Phi) is 4.91. The minimum absolute atomic E-state index is 0.652. The van der Waals surface area contributed by atoms with Crippen molar-refractivity contribution in [3.8, 4) is 5.95 Å². The standard InChI is InChI=1S/C17H26N6/c1-4-15-9-16(19-11-14-6-5-7-18-10-14)21-17(20-15)23-13(3)8-12(2)22-23/h8-9,14,18H,4-7,10-11H2,1-3H3,(H,19,20,21). The maximum absolute atomic E-state index is 4.67. The van der Waals surface area contributed by atoms with Gasteiger partial charge in [0.2, 0.25) is 0 Å². The summed E-state index contributed by atoms with van der Waals surface area (Å²) in [4.78, 5) is 9.30. The van der Waals surface area contributed by atoms with Crippen molar-refractivity contribution in [1.29, 1.82) is 0 Å². The van der Waals surface area contributed by atoms with E-state index >= 15 is 0 Å². The Labute approximate surface area is 137 Å². The highest BCUT2D eigenvalue weighted by molar-refractivity contribution is 5.39. The smallest absolute Gasteiger partial charge is 0.252 e. The van der Waals surface area contributed by atoms with Gasteiger partial charge < -0.3 is 10.6 Å². The van der Waals surface area contributed by atoms with Gasteiger partial charge in [-0.05, 0) is 58.2 Å². The minimum Gasteiger partial charge on any atom is -0.370 e. The van der Waals surface area contributed by atoms with Crippen molar-refractivity contribution in [2.75, 3.05) is 25.0 Å². The van der Waals surface area contributed by atoms with Crippen LogP contribution in [0.2, 0.25) is 0 Å². The van der Waals surface area contributed by atoms with Crippen molar-refractivity contribution < 1.29 is 0 Å². The highest BCUT2D eigenvalue weighted by Gasteiger charge is 2.14. The molecule has 0 radical (unpaired) electrons. The lowest BCUT2D eigenvalue weighted by Gasteiger charge is -2.23. The first kappa shape index (κ1) is 15.9. The molecule has 0 aromatic carbocycles. The number of hydrogen-bond acceptors (Lipinski definition) is 5. The first-order chi connectivity index (χ1) is 11.2. The van der Waals surface area contributed by atoms with Crippen LogP contribution < -0.4 is 10.6 Å². The van der Waals surface area contributed by atoms with Gasteiger partial charge >= 0.3 is 0 Å². The van der Waals surface area contributed by atoms with Crippen LogP contribution in [0, 0.1) is 19.8 Å². The number of rotatable bonds is 5. The summed E-state index contributed by atoms with van der Waals surface area (Å²) in [7, 11) is 0. The first-order valence-electron chi connectivity index (χ1n) is 8.52. The van der Waals surface area contributed by atoms with E-state index < -0.39 is 0 Å². The zero-order valence-corrected chi connectivity index (χ0v) is 14.3. The van der Waals surface area contributed by atoms with Crippen LogP contribution in [0.1, 0.15) is 36.8 Å². The molecule has 1 saturated heterocycles. The predicted octanol–water partition coefficient (Wildman–Crippen LogP) is 2.25. The van der Waals surface area contributed by atoms with Crippen LogP contribution in [0.4, 0.5) is 5.82 Å². The molecule has 0 saturated carbocycles. The van der Waals surface area contributed by atoms with Gasteiger partial charge in [0.25, 0.3) is 5.95 Å². The van der Waals surface area contributed by atoms with Crippen LogP contribution in [0.15, 0.2) is 12.1 Å². The molecule has 0 amide bonds. The van der Waals surface area contributed by atoms with Crippen LogP contribution in [0.25, 0.3) is 5.95 Å². The highest BCUT2D eigenvalue weighted by Crippen LogP contribution is 2.15. The number of hydrogen-bond donors (Lipinski definition) is 2. The summed E-state index contributed by atoms with van der Waals surface area (Å²) in [6.45, 7) is 9.31. The van der Waals surface area contributed by atoms with E-state index in [2.05, 4.69) is 32.6 Å². The van der Waals surface area contributed by atoms with Crippen LogP contribution in [-0.4, -0.2) is 39.4 Å². The lowest BCUT2D eigenvalue weighted by atomic mass is 10.00. The van der Waals surface area contributed by atoms with Crippen molar-refractivity contribution in [3.05, 3.63) is 29.2 Å². The average molecular weight is 314 g/mol. The predicted molar refractivity (Wildman–Crippen MR) is 92.1 cm³/mol. The topological polar surface area (TPSA) is 67.7 Å². The van der Waals surface area contributed by atoms with E-state index in [-0.39, 0.29) is 0 Å². The molecule has 1 aliphatic rings. The summed E-state index contributed by atoms with van der Waals surface area (Å²) in [6.07, 6.45) is 3.41. The Bertz CT molecular complexity index is 657. The molecular formula is C17H26N6. The zero-order valence-electron chi connectivity index (χ0n) is 14.3. The molecule has 3 rings (SSSR count). The molecule has 124 valence electrons. The van der Waals surface area contributed by atoms with Gasteiger partial charge in [0, 0.05) is 24.0 Å². The molecule has 6 heteroatoms. The summed E-state index contributed by atoms with van der Waals surface area (Å²) < 4.78 is 1.82. The summed E-state index contributed by atoms with van der Waals surface area (Å²) >= 11 is 0. The fraction of sp³-hybridized carbons (Fsp3) is 0.588. The van der Waals surface area contributed by atoms with E-state index in [1.54, 1.807) is 0 Å². The van der Waals surface area contributed by atoms with E-state index in [0.717, 1.165) is 49.0 Å². The largest absolute Gasteiger partial charge is 0.370 e. The SMILES string of the molecule is CCc1cc(NCC2CCCNC2)nc(-n2nc(C)cc2C)n1. The second kappa shape index (κ2) is 7.08. The van der Waals surface area contributed by atoms with Gasteiger partial charge in [0.1, 0.15) is 5.82 Å².